The van der Waals surface area contributed by atoms with Gasteiger partial charge in [0.25, 0.3) is 0 Å². The van der Waals surface area contributed by atoms with Gasteiger partial charge in [-0.3, -0.25) is 9.59 Å². The van der Waals surface area contributed by atoms with Crippen molar-refractivity contribution in [2.45, 2.75) is 31.6 Å². The Morgan fingerprint density at radius 3 is 1.52 bits per heavy atom. The Labute approximate surface area is 172 Å². The lowest BCUT2D eigenvalue weighted by atomic mass is 9.67. The summed E-state index contributed by atoms with van der Waals surface area (Å²) >= 11 is 0. The summed E-state index contributed by atoms with van der Waals surface area (Å²) in [6, 6.07) is 31.3. The van der Waals surface area contributed by atoms with Gasteiger partial charge >= 0.3 is 5.97 Å². The first-order valence-electron chi connectivity index (χ1n) is 9.94. The highest BCUT2D eigenvalue weighted by Crippen LogP contribution is 2.42. The minimum Gasteiger partial charge on any atom is -0.465 e. The molecule has 0 saturated heterocycles. The number of carbonyl (C=O) groups is 2. The predicted octanol–water partition coefficient (Wildman–Crippen LogP) is 5.32. The molecule has 0 radical (unpaired) electrons. The lowest BCUT2D eigenvalue weighted by molar-refractivity contribution is -0.145. The summed E-state index contributed by atoms with van der Waals surface area (Å²) in [6.45, 7) is 1.69. The zero-order valence-electron chi connectivity index (χ0n) is 16.7. The fourth-order valence-electron chi connectivity index (χ4n) is 3.88. The van der Waals surface area contributed by atoms with E-state index in [9.17, 15) is 9.59 Å². The highest BCUT2D eigenvalue weighted by atomic mass is 16.5. The van der Waals surface area contributed by atoms with E-state index in [4.69, 9.17) is 4.74 Å². The molecular formula is C26H26O3. The molecule has 3 aromatic carbocycles. The van der Waals surface area contributed by atoms with Crippen LogP contribution in [0.25, 0.3) is 0 Å². The van der Waals surface area contributed by atoms with Crippen LogP contribution in [0.1, 0.15) is 42.9 Å². The number of hydrogen-bond acceptors (Lipinski definition) is 3. The van der Waals surface area contributed by atoms with Gasteiger partial charge in [-0.05, 0) is 36.5 Å². The van der Waals surface area contributed by atoms with Crippen molar-refractivity contribution in [2.75, 3.05) is 6.61 Å². The van der Waals surface area contributed by atoms with E-state index in [2.05, 4.69) is 72.8 Å². The second kappa shape index (κ2) is 9.83. The van der Waals surface area contributed by atoms with Gasteiger partial charge in [0, 0.05) is 5.41 Å². The minimum atomic E-state index is -0.456. The number of benzene rings is 3. The van der Waals surface area contributed by atoms with Gasteiger partial charge in [-0.15, -0.1) is 0 Å². The Hall–Kier alpha value is -3.20. The first kappa shape index (κ1) is 20.5. The van der Waals surface area contributed by atoms with Crippen LogP contribution < -0.4 is 0 Å². The zero-order valence-corrected chi connectivity index (χ0v) is 16.7. The van der Waals surface area contributed by atoms with Crippen LogP contribution in [0.2, 0.25) is 0 Å². The van der Waals surface area contributed by atoms with Crippen LogP contribution in [0, 0.1) is 0 Å². The van der Waals surface area contributed by atoms with Crippen LogP contribution in [0.15, 0.2) is 91.0 Å². The molecule has 0 unspecified atom stereocenters. The summed E-state index contributed by atoms with van der Waals surface area (Å²) < 4.78 is 5.30. The van der Waals surface area contributed by atoms with Crippen molar-refractivity contribution < 1.29 is 14.3 Å². The van der Waals surface area contributed by atoms with Crippen LogP contribution in [0.3, 0.4) is 0 Å². The molecule has 0 atom stereocenters. The number of hydrogen-bond donors (Lipinski definition) is 0. The van der Waals surface area contributed by atoms with Crippen LogP contribution in [0.4, 0.5) is 0 Å². The minimum absolute atomic E-state index is 0.165. The predicted molar refractivity (Wildman–Crippen MR) is 115 cm³/mol. The molecule has 0 aromatic heterocycles. The van der Waals surface area contributed by atoms with Crippen molar-refractivity contribution in [1.29, 1.82) is 0 Å². The van der Waals surface area contributed by atoms with Gasteiger partial charge < -0.3 is 4.74 Å². The number of rotatable bonds is 9. The Bertz CT molecular complexity index is 821. The molecule has 0 fully saturated rings. The fourth-order valence-corrected chi connectivity index (χ4v) is 3.88. The smallest absolute Gasteiger partial charge is 0.313 e. The maximum Gasteiger partial charge on any atom is 0.313 e. The molecule has 0 aliphatic rings. The monoisotopic (exact) mass is 386 g/mol. The molecule has 0 bridgehead atoms. The number of carbonyl (C=O) groups excluding carboxylic acids is 2. The molecule has 0 heterocycles. The number of Topliss-reactive ketones (excluding diaryl/α,β-unsaturated/α-hetero) is 1. The second-order valence-corrected chi connectivity index (χ2v) is 7.21. The molecule has 3 nitrogen and oxygen atoms in total. The van der Waals surface area contributed by atoms with Gasteiger partial charge in [-0.1, -0.05) is 91.0 Å². The Kier molecular flexibility index (Phi) is 6.96. The lowest BCUT2D eigenvalue weighted by Gasteiger charge is -2.36. The molecule has 0 saturated carbocycles. The van der Waals surface area contributed by atoms with Crippen LogP contribution in [-0.4, -0.2) is 18.4 Å². The molecule has 29 heavy (non-hydrogen) atoms. The zero-order chi connectivity index (χ0) is 20.5. The van der Waals surface area contributed by atoms with E-state index in [0.717, 1.165) is 6.42 Å². The molecule has 3 aromatic rings. The van der Waals surface area contributed by atoms with Gasteiger partial charge in [0.1, 0.15) is 12.2 Å². The molecule has 0 amide bonds. The number of esters is 1. The molecule has 3 rings (SSSR count). The molecular weight excluding hydrogens is 360 g/mol. The van der Waals surface area contributed by atoms with Crippen molar-refractivity contribution in [3.63, 3.8) is 0 Å². The molecule has 148 valence electrons. The molecule has 0 spiro atoms. The molecule has 3 heteroatoms. The Balaban J connectivity index is 1.95. The summed E-state index contributed by atoms with van der Waals surface area (Å²) in [4.78, 5) is 22.8. The van der Waals surface area contributed by atoms with Crippen molar-refractivity contribution in [3.05, 3.63) is 108 Å². The van der Waals surface area contributed by atoms with Crippen LogP contribution in [0.5, 0.6) is 0 Å². The standard InChI is InChI=1S/C26H26O3/c1-21(27)20-25(28)29-19-11-18-26(22-12-5-2-6-13-22,23-14-7-3-8-15-23)24-16-9-4-10-17-24/h2-10,12-17H,11,18-20H2,1H3. The first-order valence-corrected chi connectivity index (χ1v) is 9.94. The van der Waals surface area contributed by atoms with Gasteiger partial charge in [0.05, 0.1) is 6.61 Å². The summed E-state index contributed by atoms with van der Waals surface area (Å²) in [5.41, 5.74) is 3.25. The largest absolute Gasteiger partial charge is 0.465 e. The third-order valence-corrected chi connectivity index (χ3v) is 5.15. The highest BCUT2D eigenvalue weighted by molar-refractivity contribution is 5.94. The number of ketones is 1. The van der Waals surface area contributed by atoms with E-state index >= 15 is 0 Å². The lowest BCUT2D eigenvalue weighted by Crippen LogP contribution is -2.30. The first-order chi connectivity index (χ1) is 14.1. The van der Waals surface area contributed by atoms with E-state index in [1.807, 2.05) is 18.2 Å². The normalized spacial score (nSPS) is 11.1. The van der Waals surface area contributed by atoms with Gasteiger partial charge in [0.2, 0.25) is 0 Å². The summed E-state index contributed by atoms with van der Waals surface area (Å²) in [5, 5.41) is 0. The van der Waals surface area contributed by atoms with Crippen molar-refractivity contribution >= 4 is 11.8 Å². The van der Waals surface area contributed by atoms with E-state index in [0.29, 0.717) is 13.0 Å². The third kappa shape index (κ3) is 5.00. The van der Waals surface area contributed by atoms with Crippen molar-refractivity contribution in [2.24, 2.45) is 0 Å². The summed E-state index contributed by atoms with van der Waals surface area (Å²) in [6.07, 6.45) is 1.29. The van der Waals surface area contributed by atoms with E-state index in [1.165, 1.54) is 23.6 Å². The van der Waals surface area contributed by atoms with Crippen LogP contribution in [-0.2, 0) is 19.7 Å². The van der Waals surface area contributed by atoms with Crippen molar-refractivity contribution in [1.82, 2.24) is 0 Å². The van der Waals surface area contributed by atoms with Gasteiger partial charge in [0.15, 0.2) is 0 Å². The fraction of sp³-hybridized carbons (Fsp3) is 0.231. The van der Waals surface area contributed by atoms with Gasteiger partial charge in [-0.2, -0.15) is 0 Å². The highest BCUT2D eigenvalue weighted by Gasteiger charge is 2.35. The Morgan fingerprint density at radius 2 is 1.14 bits per heavy atom. The average Bonchev–Trinajstić information content (AvgIpc) is 2.75. The molecule has 0 N–H and O–H groups in total. The van der Waals surface area contributed by atoms with E-state index in [1.54, 1.807) is 0 Å². The third-order valence-electron chi connectivity index (χ3n) is 5.15. The van der Waals surface area contributed by atoms with E-state index in [-0.39, 0.29) is 17.6 Å². The van der Waals surface area contributed by atoms with E-state index < -0.39 is 5.97 Å². The second-order valence-electron chi connectivity index (χ2n) is 7.21. The van der Waals surface area contributed by atoms with Gasteiger partial charge in [-0.25, -0.2) is 0 Å². The average molecular weight is 386 g/mol. The molecule has 0 aliphatic carbocycles. The Morgan fingerprint density at radius 1 is 0.724 bits per heavy atom. The van der Waals surface area contributed by atoms with Crippen molar-refractivity contribution in [3.8, 4) is 0 Å². The number of ether oxygens (including phenoxy) is 1. The maximum absolute atomic E-state index is 11.7. The topological polar surface area (TPSA) is 43.4 Å². The quantitative estimate of drug-likeness (QED) is 0.216. The van der Waals surface area contributed by atoms with Crippen LogP contribution >= 0.6 is 0 Å². The summed E-state index contributed by atoms with van der Waals surface area (Å²) in [7, 11) is 0. The molecule has 0 aliphatic heterocycles. The summed E-state index contributed by atoms with van der Waals surface area (Å²) in [5.74, 6) is -0.635. The maximum atomic E-state index is 11.7. The SMILES string of the molecule is CC(=O)CC(=O)OCCCC(c1ccccc1)(c1ccccc1)c1ccccc1.